The van der Waals surface area contributed by atoms with E-state index in [0.717, 1.165) is 42.3 Å². The fraction of sp³-hybridized carbons (Fsp3) is 0.550. The van der Waals surface area contributed by atoms with Crippen molar-refractivity contribution in [1.29, 1.82) is 0 Å². The Morgan fingerprint density at radius 1 is 1.31 bits per heavy atom. The van der Waals surface area contributed by atoms with Crippen molar-refractivity contribution in [3.05, 3.63) is 36.2 Å². The number of guanidine groups is 1. The largest absolute Gasteiger partial charge is 0.356 e. The summed E-state index contributed by atoms with van der Waals surface area (Å²) in [6.07, 6.45) is 8.31. The Bertz CT molecular complexity index is 694. The van der Waals surface area contributed by atoms with E-state index in [9.17, 15) is 0 Å². The lowest BCUT2D eigenvalue weighted by molar-refractivity contribution is 0.270. The molecule has 0 spiro atoms. The summed E-state index contributed by atoms with van der Waals surface area (Å²) in [7, 11) is 1.82. The molecule has 6 heteroatoms. The predicted octanol–water partition coefficient (Wildman–Crippen LogP) is 3.35. The molecule has 1 aromatic carbocycles. The third-order valence-corrected chi connectivity index (χ3v) is 5.19. The molecule has 1 aliphatic carbocycles. The summed E-state index contributed by atoms with van der Waals surface area (Å²) >= 11 is 0. The first-order valence-corrected chi connectivity index (χ1v) is 9.64. The van der Waals surface area contributed by atoms with Crippen LogP contribution in [0.25, 0.3) is 11.4 Å². The van der Waals surface area contributed by atoms with Crippen LogP contribution in [0.15, 0.2) is 35.6 Å². The Kier molecular flexibility index (Phi) is 6.63. The number of hydrogen-bond acceptors (Lipinski definition) is 3. The van der Waals surface area contributed by atoms with Crippen LogP contribution >= 0.6 is 0 Å². The molecule has 1 aliphatic rings. The van der Waals surface area contributed by atoms with E-state index in [1.54, 1.807) is 0 Å². The van der Waals surface area contributed by atoms with Crippen molar-refractivity contribution >= 4 is 5.96 Å². The first-order chi connectivity index (χ1) is 12.7. The summed E-state index contributed by atoms with van der Waals surface area (Å²) < 4.78 is 0. The number of hydrogen-bond donors (Lipinski definition) is 3. The van der Waals surface area contributed by atoms with Crippen LogP contribution in [-0.2, 0) is 6.54 Å². The van der Waals surface area contributed by atoms with Gasteiger partial charge in [0.05, 0.1) is 0 Å². The minimum Gasteiger partial charge on any atom is -0.356 e. The summed E-state index contributed by atoms with van der Waals surface area (Å²) in [5.41, 5.74) is 2.22. The monoisotopic (exact) mass is 354 g/mol. The summed E-state index contributed by atoms with van der Waals surface area (Å²) in [6.45, 7) is 4.09. The van der Waals surface area contributed by atoms with Gasteiger partial charge in [0.2, 0.25) is 0 Å². The van der Waals surface area contributed by atoms with Crippen LogP contribution in [0, 0.1) is 11.8 Å². The molecular weight excluding hydrogens is 324 g/mol. The van der Waals surface area contributed by atoms with Crippen molar-refractivity contribution in [2.45, 2.75) is 45.6 Å². The molecule has 0 amide bonds. The van der Waals surface area contributed by atoms with Crippen molar-refractivity contribution in [1.82, 2.24) is 25.8 Å². The molecule has 0 aliphatic heterocycles. The van der Waals surface area contributed by atoms with Crippen LogP contribution in [0.4, 0.5) is 0 Å². The Morgan fingerprint density at radius 2 is 2.23 bits per heavy atom. The first kappa shape index (κ1) is 18.4. The van der Waals surface area contributed by atoms with Crippen LogP contribution in [0.1, 0.15) is 44.6 Å². The van der Waals surface area contributed by atoms with Crippen molar-refractivity contribution < 1.29 is 0 Å². The molecular formula is C20H30N6. The molecule has 3 rings (SSSR count). The number of rotatable bonds is 6. The number of benzene rings is 1. The van der Waals surface area contributed by atoms with Gasteiger partial charge in [0.15, 0.2) is 11.8 Å². The molecule has 0 bridgehead atoms. The van der Waals surface area contributed by atoms with Gasteiger partial charge in [-0.25, -0.2) is 4.98 Å². The van der Waals surface area contributed by atoms with E-state index in [0.29, 0.717) is 0 Å². The van der Waals surface area contributed by atoms with E-state index in [-0.39, 0.29) is 0 Å². The minimum absolute atomic E-state index is 0.724. The van der Waals surface area contributed by atoms with Crippen LogP contribution in [0.2, 0.25) is 0 Å². The van der Waals surface area contributed by atoms with E-state index >= 15 is 0 Å². The minimum atomic E-state index is 0.724. The molecule has 26 heavy (non-hydrogen) atoms. The van der Waals surface area contributed by atoms with E-state index in [1.165, 1.54) is 44.0 Å². The van der Waals surface area contributed by atoms with Crippen molar-refractivity contribution in [3.8, 4) is 11.4 Å². The standard InChI is InChI=1S/C20H30N6/c1-15-5-3-6-16(11-15)9-10-22-20(21-2)23-13-17-7-4-8-18(12-17)19-24-14-25-26-19/h4,7-8,12,14-16H,3,5-6,9-11,13H2,1-2H3,(H2,21,22,23)(H,24,25,26). The van der Waals surface area contributed by atoms with Gasteiger partial charge in [-0.1, -0.05) is 44.4 Å². The summed E-state index contributed by atoms with van der Waals surface area (Å²) in [5, 5.41) is 13.7. The molecule has 140 valence electrons. The molecule has 1 heterocycles. The van der Waals surface area contributed by atoms with Gasteiger partial charge in [0.1, 0.15) is 6.33 Å². The maximum Gasteiger partial charge on any atom is 0.191 e. The Labute approximate surface area is 155 Å². The van der Waals surface area contributed by atoms with Crippen molar-refractivity contribution in [2.24, 2.45) is 16.8 Å². The van der Waals surface area contributed by atoms with Crippen LogP contribution in [0.5, 0.6) is 0 Å². The average molecular weight is 355 g/mol. The molecule has 1 fully saturated rings. The normalized spacial score (nSPS) is 20.8. The van der Waals surface area contributed by atoms with Gasteiger partial charge in [-0.3, -0.25) is 10.1 Å². The highest BCUT2D eigenvalue weighted by atomic mass is 15.2. The van der Waals surface area contributed by atoms with Gasteiger partial charge in [0.25, 0.3) is 0 Å². The summed E-state index contributed by atoms with van der Waals surface area (Å²) in [5.74, 6) is 3.40. The summed E-state index contributed by atoms with van der Waals surface area (Å²) in [6, 6.07) is 8.28. The smallest absolute Gasteiger partial charge is 0.191 e. The third-order valence-electron chi connectivity index (χ3n) is 5.19. The molecule has 2 aromatic rings. The molecule has 0 radical (unpaired) electrons. The fourth-order valence-electron chi connectivity index (χ4n) is 3.80. The number of aromatic nitrogens is 3. The Morgan fingerprint density at radius 3 is 3.00 bits per heavy atom. The Balaban J connectivity index is 1.45. The predicted molar refractivity (Wildman–Crippen MR) is 106 cm³/mol. The zero-order valence-corrected chi connectivity index (χ0v) is 15.8. The number of nitrogens with one attached hydrogen (secondary N) is 3. The highest BCUT2D eigenvalue weighted by Crippen LogP contribution is 2.30. The third kappa shape index (κ3) is 5.31. The number of aliphatic imine (C=N–C) groups is 1. The van der Waals surface area contributed by atoms with E-state index in [4.69, 9.17) is 0 Å². The summed E-state index contributed by atoms with van der Waals surface area (Å²) in [4.78, 5) is 8.54. The second kappa shape index (κ2) is 9.36. The SMILES string of the molecule is CN=C(NCCC1CCCC(C)C1)NCc1cccc(-c2ncn[nH]2)c1. The van der Waals surface area contributed by atoms with Gasteiger partial charge in [-0.05, 0) is 36.3 Å². The van der Waals surface area contributed by atoms with Gasteiger partial charge >= 0.3 is 0 Å². The lowest BCUT2D eigenvalue weighted by atomic mass is 9.81. The van der Waals surface area contributed by atoms with Gasteiger partial charge in [-0.2, -0.15) is 5.10 Å². The lowest BCUT2D eigenvalue weighted by Crippen LogP contribution is -2.38. The van der Waals surface area contributed by atoms with Gasteiger partial charge < -0.3 is 10.6 Å². The van der Waals surface area contributed by atoms with Crippen molar-refractivity contribution in [2.75, 3.05) is 13.6 Å². The second-order valence-corrected chi connectivity index (χ2v) is 7.31. The molecule has 2 unspecified atom stereocenters. The number of nitrogens with zero attached hydrogens (tertiary/aromatic N) is 3. The first-order valence-electron chi connectivity index (χ1n) is 9.64. The van der Waals surface area contributed by atoms with Gasteiger partial charge in [0, 0.05) is 25.7 Å². The zero-order valence-electron chi connectivity index (χ0n) is 15.8. The van der Waals surface area contributed by atoms with E-state index < -0.39 is 0 Å². The highest BCUT2D eigenvalue weighted by Gasteiger charge is 2.18. The fourth-order valence-corrected chi connectivity index (χ4v) is 3.80. The molecule has 1 aromatic heterocycles. The van der Waals surface area contributed by atoms with Crippen molar-refractivity contribution in [3.63, 3.8) is 0 Å². The van der Waals surface area contributed by atoms with Crippen LogP contribution in [-0.4, -0.2) is 34.7 Å². The van der Waals surface area contributed by atoms with Crippen LogP contribution in [0.3, 0.4) is 0 Å². The molecule has 1 saturated carbocycles. The molecule has 3 N–H and O–H groups in total. The van der Waals surface area contributed by atoms with E-state index in [1.807, 2.05) is 19.2 Å². The lowest BCUT2D eigenvalue weighted by Gasteiger charge is -2.26. The second-order valence-electron chi connectivity index (χ2n) is 7.31. The number of aromatic amines is 1. The maximum atomic E-state index is 4.34. The Hall–Kier alpha value is -2.37. The maximum absolute atomic E-state index is 4.34. The van der Waals surface area contributed by atoms with Crippen LogP contribution < -0.4 is 10.6 Å². The molecule has 0 saturated heterocycles. The quantitative estimate of drug-likeness (QED) is 0.549. The van der Waals surface area contributed by atoms with E-state index in [2.05, 4.69) is 49.9 Å². The molecule has 6 nitrogen and oxygen atoms in total. The topological polar surface area (TPSA) is 78.0 Å². The average Bonchev–Trinajstić information content (AvgIpc) is 3.20. The zero-order chi connectivity index (χ0) is 18.2. The molecule has 2 atom stereocenters. The highest BCUT2D eigenvalue weighted by molar-refractivity contribution is 5.79. The number of H-pyrrole nitrogens is 1. The van der Waals surface area contributed by atoms with Gasteiger partial charge in [-0.15, -0.1) is 0 Å².